The zero-order valence-corrected chi connectivity index (χ0v) is 18.7. The Kier molecular flexibility index (Phi) is 103. The van der Waals surface area contributed by atoms with Crippen LogP contribution in [0, 0.1) is 91.9 Å². The summed E-state index contributed by atoms with van der Waals surface area (Å²) < 4.78 is 0. The maximum Gasteiger partial charge on any atom is 2.00 e. The fraction of sp³-hybridized carbons (Fsp3) is 0. The summed E-state index contributed by atoms with van der Waals surface area (Å²) >= 11 is 0. The number of nitrogens with zero attached hydrogens (tertiary/aromatic N) is 6. The van der Waals surface area contributed by atoms with E-state index in [0.29, 0.717) is 0 Å². The molecule has 24 nitrogen and oxygen atoms in total. The average molecular weight is 502 g/mol. The van der Waals surface area contributed by atoms with Crippen LogP contribution in [0.2, 0.25) is 0 Å². The minimum Gasteiger partial charge on any atom is -0.356 e. The first-order valence-electron chi connectivity index (χ1n) is 3.29. The molecule has 0 atom stereocenters. The fourth-order valence-electron chi connectivity index (χ4n) is 0. The normalized spacial score (nSPS) is 5.33. The zero-order chi connectivity index (χ0) is 21.5. The predicted molar refractivity (Wildman–Crippen MR) is 73.7 cm³/mol. The third kappa shape index (κ3) is 2460. The van der Waals surface area contributed by atoms with Crippen LogP contribution in [0.25, 0.3) is 0 Å². The van der Waals surface area contributed by atoms with Gasteiger partial charge >= 0.3 is 80.3 Å². The van der Waals surface area contributed by atoms with E-state index in [1.807, 2.05) is 0 Å². The fourth-order valence-corrected chi connectivity index (χ4v) is 0. The molecular formula is CaMgN6O18Zn. The summed E-state index contributed by atoms with van der Waals surface area (Å²) in [6, 6.07) is 0. The molecule has 27 heteroatoms. The number of hydrogen-bond donors (Lipinski definition) is 0. The second-order valence-electron chi connectivity index (χ2n) is 1.34. The summed E-state index contributed by atoms with van der Waals surface area (Å²) in [5.74, 6) is 0. The van der Waals surface area contributed by atoms with Crippen molar-refractivity contribution in [3.8, 4) is 0 Å². The standard InChI is InChI=1S/Ca.Mg.6NO3.Zn/c;;6*2-1(3)4;/q2*+2;6*-1;+2. The Morgan fingerprint density at radius 2 is 0.333 bits per heavy atom. The SMILES string of the molecule is O=[N+]([O-])[O-].O=[N+]([O-])[O-].O=[N+]([O-])[O-].O=[N+]([O-])[O-].O=[N+]([O-])[O-].O=[N+]([O-])[O-].[Ca+2].[Mg+2].[Zn+2]. The van der Waals surface area contributed by atoms with Crippen molar-refractivity contribution in [2.45, 2.75) is 0 Å². The van der Waals surface area contributed by atoms with E-state index in [-0.39, 0.29) is 80.3 Å². The third-order valence-electron chi connectivity index (χ3n) is 0. The van der Waals surface area contributed by atoms with Gasteiger partial charge in [0, 0.05) is 0 Å². The average Bonchev–Trinajstić information content (AvgIpc) is 2.08. The smallest absolute Gasteiger partial charge is 0.356 e. The van der Waals surface area contributed by atoms with Gasteiger partial charge in [0.05, 0.1) is 30.5 Å². The molecule has 0 heterocycles. The summed E-state index contributed by atoms with van der Waals surface area (Å²) in [4.78, 5) is 49.5. The molecule has 0 fully saturated rings. The van der Waals surface area contributed by atoms with E-state index in [9.17, 15) is 0 Å². The van der Waals surface area contributed by atoms with Gasteiger partial charge in [-0.3, -0.25) is 0 Å². The minimum absolute atomic E-state index is 0. The van der Waals surface area contributed by atoms with Gasteiger partial charge in [-0.05, 0) is 0 Å². The van der Waals surface area contributed by atoms with Crippen molar-refractivity contribution in [2.24, 2.45) is 0 Å². The van der Waals surface area contributed by atoms with Crippen LogP contribution in [-0.2, 0) is 19.5 Å². The van der Waals surface area contributed by atoms with Crippen LogP contribution in [0.4, 0.5) is 0 Å². The van der Waals surface area contributed by atoms with Crippen LogP contribution in [-0.4, -0.2) is 91.3 Å². The summed E-state index contributed by atoms with van der Waals surface area (Å²) in [5, 5.41) is 88.5. The van der Waals surface area contributed by atoms with Crippen LogP contribution in [0.15, 0.2) is 0 Å². The Balaban J connectivity index is -0.0000000201. The second-order valence-corrected chi connectivity index (χ2v) is 1.34. The molecule has 0 aromatic carbocycles. The van der Waals surface area contributed by atoms with Crippen LogP contribution >= 0.6 is 0 Å². The quantitative estimate of drug-likeness (QED) is 0.193. The van der Waals surface area contributed by atoms with E-state index in [1.165, 1.54) is 0 Å². The Labute approximate surface area is 201 Å². The van der Waals surface area contributed by atoms with Crippen molar-refractivity contribution >= 4 is 60.8 Å². The van der Waals surface area contributed by atoms with Gasteiger partial charge in [-0.2, -0.15) is 0 Å². The first kappa shape index (κ1) is 56.3. The molecule has 0 aliphatic carbocycles. The van der Waals surface area contributed by atoms with Crippen LogP contribution in [0.1, 0.15) is 0 Å². The van der Waals surface area contributed by atoms with E-state index in [0.717, 1.165) is 0 Å². The van der Waals surface area contributed by atoms with E-state index >= 15 is 0 Å². The topological polar surface area (TPSA) is 397 Å². The first-order chi connectivity index (χ1) is 10.4. The molecular weight excluding hydrogens is 502 g/mol. The van der Waals surface area contributed by atoms with E-state index in [1.54, 1.807) is 0 Å². The van der Waals surface area contributed by atoms with Gasteiger partial charge in [0.1, 0.15) is 0 Å². The van der Waals surface area contributed by atoms with Crippen molar-refractivity contribution in [2.75, 3.05) is 0 Å². The van der Waals surface area contributed by atoms with Gasteiger partial charge in [0.2, 0.25) is 0 Å². The summed E-state index contributed by atoms with van der Waals surface area (Å²) in [6.45, 7) is 0. The van der Waals surface area contributed by atoms with Crippen molar-refractivity contribution in [3.63, 3.8) is 0 Å². The molecule has 0 N–H and O–H groups in total. The Bertz CT molecular complexity index is 269. The maximum absolute atomic E-state index is 8.25. The molecule has 0 aliphatic rings. The van der Waals surface area contributed by atoms with E-state index < -0.39 is 30.5 Å². The van der Waals surface area contributed by atoms with E-state index in [4.69, 9.17) is 91.9 Å². The van der Waals surface area contributed by atoms with Crippen LogP contribution < -0.4 is 0 Å². The minimum atomic E-state index is -1.75. The second kappa shape index (κ2) is 49.6. The predicted octanol–water partition coefficient (Wildman–Crippen LogP) is -2.20. The van der Waals surface area contributed by atoms with Crippen LogP contribution in [0.5, 0.6) is 0 Å². The zero-order valence-electron chi connectivity index (χ0n) is 12.2. The third-order valence-corrected chi connectivity index (χ3v) is 0. The molecule has 0 aromatic heterocycles. The molecule has 0 rings (SSSR count). The van der Waals surface area contributed by atoms with Gasteiger partial charge in [-0.1, -0.05) is 0 Å². The molecule has 27 heavy (non-hydrogen) atoms. The Morgan fingerprint density at radius 3 is 0.333 bits per heavy atom. The molecule has 0 spiro atoms. The van der Waals surface area contributed by atoms with Crippen molar-refractivity contribution < 1.29 is 50.0 Å². The molecule has 0 unspecified atom stereocenters. The maximum atomic E-state index is 8.25. The van der Waals surface area contributed by atoms with Gasteiger partial charge in [-0.15, -0.1) is 0 Å². The van der Waals surface area contributed by atoms with Crippen molar-refractivity contribution in [1.82, 2.24) is 0 Å². The summed E-state index contributed by atoms with van der Waals surface area (Å²) in [5.41, 5.74) is 0. The molecule has 0 aromatic rings. The number of rotatable bonds is 0. The monoisotopic (exact) mass is 500 g/mol. The van der Waals surface area contributed by atoms with Gasteiger partial charge in [-0.25, -0.2) is 0 Å². The van der Waals surface area contributed by atoms with Crippen LogP contribution in [0.3, 0.4) is 0 Å². The Morgan fingerprint density at radius 1 is 0.333 bits per heavy atom. The number of hydrogen-bond acceptors (Lipinski definition) is 18. The molecule has 0 saturated heterocycles. The van der Waals surface area contributed by atoms with Gasteiger partial charge in [0.25, 0.3) is 0 Å². The molecule has 0 radical (unpaired) electrons. The molecule has 0 bridgehead atoms. The van der Waals surface area contributed by atoms with E-state index in [2.05, 4.69) is 0 Å². The molecule has 0 saturated carbocycles. The summed E-state index contributed by atoms with van der Waals surface area (Å²) in [7, 11) is 0. The van der Waals surface area contributed by atoms with Crippen molar-refractivity contribution in [1.29, 1.82) is 0 Å². The van der Waals surface area contributed by atoms with Gasteiger partial charge < -0.3 is 91.9 Å². The largest absolute Gasteiger partial charge is 2.00 e. The molecule has 0 aliphatic heterocycles. The molecule has 144 valence electrons. The van der Waals surface area contributed by atoms with Gasteiger partial charge in [0.15, 0.2) is 0 Å². The summed E-state index contributed by atoms with van der Waals surface area (Å²) in [6.07, 6.45) is 0. The molecule has 0 amide bonds. The Hall–Kier alpha value is -2.15. The van der Waals surface area contributed by atoms with Crippen molar-refractivity contribution in [3.05, 3.63) is 91.9 Å². The first-order valence-corrected chi connectivity index (χ1v) is 3.29.